The quantitative estimate of drug-likeness (QED) is 0.470. The lowest BCUT2D eigenvalue weighted by molar-refractivity contribution is 0.436. The Balaban J connectivity index is 2.32. The van der Waals surface area contributed by atoms with E-state index in [0.29, 0.717) is 5.69 Å². The van der Waals surface area contributed by atoms with Crippen molar-refractivity contribution in [2.45, 2.75) is 30.6 Å². The van der Waals surface area contributed by atoms with Gasteiger partial charge in [0.2, 0.25) is 0 Å². The molecule has 0 unspecified atom stereocenters. The highest BCUT2D eigenvalue weighted by Gasteiger charge is 2.18. The molecule has 1 N–H and O–H groups in total. The van der Waals surface area contributed by atoms with Crippen LogP contribution in [-0.4, -0.2) is 31.0 Å². The molecule has 0 aliphatic carbocycles. The molecule has 0 fully saturated rings. The molecule has 3 aromatic carbocycles. The summed E-state index contributed by atoms with van der Waals surface area (Å²) in [6, 6.07) is 7.52. The van der Waals surface area contributed by atoms with E-state index in [1.54, 1.807) is 13.0 Å². The monoisotopic (exact) mass is 448 g/mol. The molecule has 0 saturated heterocycles. The Kier molecular flexibility index (Phi) is 5.41. The highest BCUT2D eigenvalue weighted by atomic mass is 32.2. The maximum atomic E-state index is 11.6. The van der Waals surface area contributed by atoms with Gasteiger partial charge >= 0.3 is 0 Å². The van der Waals surface area contributed by atoms with Gasteiger partial charge in [0.1, 0.15) is 25.9 Å². The first-order chi connectivity index (χ1) is 13.8. The van der Waals surface area contributed by atoms with Crippen LogP contribution in [0.2, 0.25) is 0 Å². The lowest BCUT2D eigenvalue weighted by Gasteiger charge is -2.14. The first-order valence-electron chi connectivity index (χ1n) is 8.50. The molecule has 0 aromatic heterocycles. The fraction of sp³-hybridized carbons (Fsp3) is 0.158. The summed E-state index contributed by atoms with van der Waals surface area (Å²) >= 11 is 0. The van der Waals surface area contributed by atoms with Gasteiger partial charge in [-0.05, 0) is 67.1 Å². The van der Waals surface area contributed by atoms with Gasteiger partial charge in [-0.1, -0.05) is 12.1 Å². The second-order valence-electron chi connectivity index (χ2n) is 6.79. The summed E-state index contributed by atoms with van der Waals surface area (Å²) in [5.74, 6) is -0.916. The van der Waals surface area contributed by atoms with Crippen molar-refractivity contribution >= 4 is 42.4 Å². The molecule has 3 rings (SSSR count). The van der Waals surface area contributed by atoms with Crippen LogP contribution in [0.3, 0.4) is 0 Å². The number of hydrogen-bond donors (Lipinski definition) is 1. The molecule has 0 aliphatic heterocycles. The van der Waals surface area contributed by atoms with Crippen LogP contribution in [0.15, 0.2) is 56.4 Å². The van der Waals surface area contributed by atoms with Crippen molar-refractivity contribution in [3.05, 3.63) is 53.1 Å². The number of aromatic hydroxyl groups is 1. The Morgan fingerprint density at radius 2 is 1.43 bits per heavy atom. The van der Waals surface area contributed by atoms with Crippen LogP contribution in [0.25, 0.3) is 10.8 Å². The van der Waals surface area contributed by atoms with Gasteiger partial charge in [-0.25, -0.2) is 16.8 Å². The number of benzene rings is 3. The van der Waals surface area contributed by atoms with E-state index in [2.05, 4.69) is 10.2 Å². The van der Waals surface area contributed by atoms with Gasteiger partial charge in [0, 0.05) is 5.39 Å². The lowest BCUT2D eigenvalue weighted by Crippen LogP contribution is -2.01. The summed E-state index contributed by atoms with van der Waals surface area (Å²) < 4.78 is 68.6. The van der Waals surface area contributed by atoms with E-state index in [9.17, 15) is 31.0 Å². The molecule has 0 atom stereocenters. The first kappa shape index (κ1) is 21.8. The molecule has 158 valence electrons. The number of aryl methyl sites for hydroxylation is 3. The van der Waals surface area contributed by atoms with Gasteiger partial charge in [-0.2, -0.15) is 5.11 Å². The molecule has 11 heteroatoms. The molecule has 0 heterocycles. The fourth-order valence-corrected chi connectivity index (χ4v) is 4.04. The highest BCUT2D eigenvalue weighted by Crippen LogP contribution is 2.42. The smallest absolute Gasteiger partial charge is 0.161 e. The summed E-state index contributed by atoms with van der Waals surface area (Å²) in [6.45, 7) is 5.59. The van der Waals surface area contributed by atoms with Crippen molar-refractivity contribution in [2.75, 3.05) is 0 Å². The molecular weight excluding hydrogens is 432 g/mol. The van der Waals surface area contributed by atoms with Gasteiger partial charge in [0.05, 0.1) is 15.5 Å². The van der Waals surface area contributed by atoms with E-state index < -0.39 is 35.8 Å². The summed E-state index contributed by atoms with van der Waals surface area (Å²) in [5, 5.41) is 18.4. The van der Waals surface area contributed by atoms with Gasteiger partial charge in [-0.15, -0.1) is 5.11 Å². The van der Waals surface area contributed by atoms with Crippen molar-refractivity contribution in [3.63, 3.8) is 0 Å². The van der Waals surface area contributed by atoms with Crippen molar-refractivity contribution in [3.8, 4) is 5.75 Å². The Labute approximate surface area is 173 Å². The highest BCUT2D eigenvalue weighted by molar-refractivity contribution is 7.86. The molecule has 0 spiro atoms. The van der Waals surface area contributed by atoms with Crippen LogP contribution >= 0.6 is 0 Å². The number of phenolic OH excluding ortho intramolecular Hbond substituents is 1. The predicted octanol–water partition coefficient (Wildman–Crippen LogP) is 3.69. The fourth-order valence-electron chi connectivity index (χ4n) is 2.93. The summed E-state index contributed by atoms with van der Waals surface area (Å²) in [7, 11) is -9.96. The van der Waals surface area contributed by atoms with Crippen molar-refractivity contribution in [1.82, 2.24) is 0 Å². The second kappa shape index (κ2) is 7.43. The molecule has 0 radical (unpaired) electrons. The van der Waals surface area contributed by atoms with E-state index in [0.717, 1.165) is 34.9 Å². The maximum absolute atomic E-state index is 11.6. The Hall–Kier alpha value is -2.86. The summed E-state index contributed by atoms with van der Waals surface area (Å²) in [5.41, 5.74) is 2.86. The lowest BCUT2D eigenvalue weighted by atomic mass is 10.1. The average molecular weight is 448 g/mol. The number of nitrogens with zero attached hydrogens (tertiary/aromatic N) is 2. The van der Waals surface area contributed by atoms with Crippen LogP contribution in [0.5, 0.6) is 5.75 Å². The standard InChI is InChI=1S/C19H18N2O7S2/c1-10-6-12(3)16(7-11(10)2)20-21-18-15-5-4-14(29(23,24)25)8-13(15)9-17(19(18)22)30(26,27)28/h4-9,22H,1-3H3,(H,23,24,25)(H,26,27,28)/p-2. The van der Waals surface area contributed by atoms with Gasteiger partial charge in [0.25, 0.3) is 0 Å². The van der Waals surface area contributed by atoms with Crippen LogP contribution in [0.4, 0.5) is 11.4 Å². The number of azo groups is 1. The van der Waals surface area contributed by atoms with Gasteiger partial charge in [-0.3, -0.25) is 0 Å². The zero-order valence-corrected chi connectivity index (χ0v) is 17.7. The zero-order valence-electron chi connectivity index (χ0n) is 16.1. The Morgan fingerprint density at radius 1 is 0.800 bits per heavy atom. The third-order valence-electron chi connectivity index (χ3n) is 4.65. The third-order valence-corrected chi connectivity index (χ3v) is 6.33. The minimum absolute atomic E-state index is 0.0788. The predicted molar refractivity (Wildman–Crippen MR) is 106 cm³/mol. The second-order valence-corrected chi connectivity index (χ2v) is 9.51. The van der Waals surface area contributed by atoms with E-state index in [-0.39, 0.29) is 16.5 Å². The van der Waals surface area contributed by atoms with Gasteiger partial charge < -0.3 is 14.2 Å². The normalized spacial score (nSPS) is 12.7. The first-order valence-corrected chi connectivity index (χ1v) is 11.3. The van der Waals surface area contributed by atoms with E-state index in [1.807, 2.05) is 19.9 Å². The van der Waals surface area contributed by atoms with E-state index in [4.69, 9.17) is 0 Å². The molecule has 30 heavy (non-hydrogen) atoms. The van der Waals surface area contributed by atoms with Crippen LogP contribution < -0.4 is 0 Å². The third kappa shape index (κ3) is 4.19. The SMILES string of the molecule is Cc1cc(C)c(N=Nc2c(O)c(S(=O)(=O)[O-])cc3cc(S(=O)(=O)[O-])ccc23)cc1C. The number of rotatable bonds is 4. The van der Waals surface area contributed by atoms with E-state index >= 15 is 0 Å². The maximum Gasteiger partial charge on any atom is 0.161 e. The molecule has 0 amide bonds. The Bertz CT molecular complexity index is 1430. The van der Waals surface area contributed by atoms with E-state index in [1.165, 1.54) is 6.07 Å². The zero-order chi connectivity index (χ0) is 22.4. The summed E-state index contributed by atoms with van der Waals surface area (Å²) in [4.78, 5) is -1.62. The molecule has 9 nitrogen and oxygen atoms in total. The Morgan fingerprint density at radius 3 is 2.03 bits per heavy atom. The molecule has 0 saturated carbocycles. The van der Waals surface area contributed by atoms with Gasteiger partial charge in [0.15, 0.2) is 5.75 Å². The minimum Gasteiger partial charge on any atom is -0.744 e. The summed E-state index contributed by atoms with van der Waals surface area (Å²) in [6.07, 6.45) is 0. The van der Waals surface area contributed by atoms with Crippen molar-refractivity contribution in [1.29, 1.82) is 0 Å². The molecule has 3 aromatic rings. The minimum atomic E-state index is -5.13. The molecule has 0 aliphatic rings. The molecular formula is C19H16N2O7S2-2. The van der Waals surface area contributed by atoms with Crippen molar-refractivity contribution < 1.29 is 31.0 Å². The average Bonchev–Trinajstić information content (AvgIpc) is 2.62. The largest absolute Gasteiger partial charge is 0.744 e. The van der Waals surface area contributed by atoms with Crippen LogP contribution in [0.1, 0.15) is 16.7 Å². The number of phenols is 1. The number of hydrogen-bond acceptors (Lipinski definition) is 9. The van der Waals surface area contributed by atoms with Crippen molar-refractivity contribution in [2.24, 2.45) is 10.2 Å². The molecule has 0 bridgehead atoms. The van der Waals surface area contributed by atoms with Crippen LogP contribution in [0, 0.1) is 20.8 Å². The van der Waals surface area contributed by atoms with Crippen LogP contribution in [-0.2, 0) is 20.2 Å². The topological polar surface area (TPSA) is 159 Å². The number of fused-ring (bicyclic) bond motifs is 1.